The van der Waals surface area contributed by atoms with Crippen LogP contribution >= 0.6 is 22.9 Å². The van der Waals surface area contributed by atoms with Crippen LogP contribution in [0.2, 0.25) is 0 Å². The molecule has 0 aliphatic rings. The number of carbonyl (C=O) groups is 1. The maximum Gasteiger partial charge on any atom is 0.323 e. The van der Waals surface area contributed by atoms with E-state index in [-0.39, 0.29) is 21.9 Å². The molecule has 1 N–H and O–H groups in total. The molecule has 1 aromatic heterocycles. The number of nitrogens with zero attached hydrogens (tertiary/aromatic N) is 4. The molecule has 0 unspecified atom stereocenters. The predicted molar refractivity (Wildman–Crippen MR) is 73.2 cm³/mol. The van der Waals surface area contributed by atoms with E-state index in [0.717, 1.165) is 15.6 Å². The number of halogens is 1. The Morgan fingerprint density at radius 2 is 2.00 bits per heavy atom. The second-order valence-corrected chi connectivity index (χ2v) is 7.29. The van der Waals surface area contributed by atoms with Gasteiger partial charge < -0.3 is 4.90 Å². The summed E-state index contributed by atoms with van der Waals surface area (Å²) >= 11 is 6.28. The second-order valence-electron chi connectivity index (χ2n) is 3.71. The minimum Gasteiger partial charge on any atom is -0.331 e. The van der Waals surface area contributed by atoms with Gasteiger partial charge in [-0.3, -0.25) is 5.32 Å². The Kier molecular flexibility index (Phi) is 5.47. The number of anilines is 1. The molecule has 8 nitrogen and oxygen atoms in total. The zero-order valence-corrected chi connectivity index (χ0v) is 13.0. The van der Waals surface area contributed by atoms with Gasteiger partial charge in [0.2, 0.25) is 9.47 Å². The average molecular weight is 328 g/mol. The Morgan fingerprint density at radius 3 is 2.53 bits per heavy atom. The van der Waals surface area contributed by atoms with E-state index in [2.05, 4.69) is 15.5 Å². The lowest BCUT2D eigenvalue weighted by molar-refractivity contribution is 0.230. The first-order valence-corrected chi connectivity index (χ1v) is 7.92. The Bertz CT molecular complexity index is 544. The summed E-state index contributed by atoms with van der Waals surface area (Å²) in [5.74, 6) is 0.179. The predicted octanol–water partition coefficient (Wildman–Crippen LogP) is 0.491. The van der Waals surface area contributed by atoms with Crippen molar-refractivity contribution in [2.24, 2.45) is 0 Å². The molecule has 1 aromatic rings. The standard InChI is InChI=1S/C8H14ClN5O3S2/c1-13(2)7(15)10-6-11-12-8(18-6)19(16,17)14(3)5-4-9/h4-5H2,1-3H3,(H,10,11,15). The number of amides is 2. The van der Waals surface area contributed by atoms with Gasteiger partial charge in [0.05, 0.1) is 0 Å². The quantitative estimate of drug-likeness (QED) is 0.627. The van der Waals surface area contributed by atoms with Gasteiger partial charge in [0, 0.05) is 33.6 Å². The molecule has 0 radical (unpaired) electrons. The topological polar surface area (TPSA) is 95.5 Å². The highest BCUT2D eigenvalue weighted by molar-refractivity contribution is 7.91. The summed E-state index contributed by atoms with van der Waals surface area (Å²) in [6.07, 6.45) is 0. The van der Waals surface area contributed by atoms with Gasteiger partial charge in [-0.1, -0.05) is 11.3 Å². The van der Waals surface area contributed by atoms with Crippen LogP contribution in [-0.2, 0) is 10.0 Å². The molecule has 0 aliphatic carbocycles. The first-order chi connectivity index (χ1) is 8.78. The van der Waals surface area contributed by atoms with Crippen molar-refractivity contribution in [2.75, 3.05) is 38.9 Å². The van der Waals surface area contributed by atoms with Crippen molar-refractivity contribution in [1.82, 2.24) is 19.4 Å². The van der Waals surface area contributed by atoms with Crippen LogP contribution in [0.5, 0.6) is 0 Å². The lowest BCUT2D eigenvalue weighted by Gasteiger charge is -2.12. The fourth-order valence-corrected chi connectivity index (χ4v) is 3.54. The third kappa shape index (κ3) is 4.00. The van der Waals surface area contributed by atoms with E-state index >= 15 is 0 Å². The van der Waals surface area contributed by atoms with Gasteiger partial charge in [-0.05, 0) is 0 Å². The van der Waals surface area contributed by atoms with Gasteiger partial charge in [-0.15, -0.1) is 21.8 Å². The van der Waals surface area contributed by atoms with Gasteiger partial charge in [-0.25, -0.2) is 13.2 Å². The summed E-state index contributed by atoms with van der Waals surface area (Å²) in [5, 5.41) is 9.73. The van der Waals surface area contributed by atoms with E-state index in [0.29, 0.717) is 0 Å². The Morgan fingerprint density at radius 1 is 1.37 bits per heavy atom. The van der Waals surface area contributed by atoms with Crippen LogP contribution in [0.4, 0.5) is 9.93 Å². The lowest BCUT2D eigenvalue weighted by atomic mass is 10.8. The largest absolute Gasteiger partial charge is 0.331 e. The van der Waals surface area contributed by atoms with Crippen LogP contribution < -0.4 is 5.32 Å². The minimum atomic E-state index is -3.71. The Hall–Kier alpha value is -0.970. The number of hydrogen-bond donors (Lipinski definition) is 1. The summed E-state index contributed by atoms with van der Waals surface area (Å²) in [4.78, 5) is 12.7. The molecular formula is C8H14ClN5O3S2. The van der Waals surface area contributed by atoms with Gasteiger partial charge in [0.25, 0.3) is 10.0 Å². The monoisotopic (exact) mass is 327 g/mol. The third-order valence-corrected chi connectivity index (χ3v) is 5.27. The molecule has 0 spiro atoms. The van der Waals surface area contributed by atoms with Crippen molar-refractivity contribution >= 4 is 44.1 Å². The fraction of sp³-hybridized carbons (Fsp3) is 0.625. The van der Waals surface area contributed by atoms with E-state index in [1.807, 2.05) is 0 Å². The van der Waals surface area contributed by atoms with Crippen LogP contribution in [0.25, 0.3) is 0 Å². The molecule has 0 saturated heterocycles. The molecule has 0 saturated carbocycles. The third-order valence-electron chi connectivity index (χ3n) is 2.06. The lowest BCUT2D eigenvalue weighted by Crippen LogP contribution is -2.28. The van der Waals surface area contributed by atoms with Crippen LogP contribution in [0.3, 0.4) is 0 Å². The normalized spacial score (nSPS) is 11.6. The number of urea groups is 1. The number of aromatic nitrogens is 2. The highest BCUT2D eigenvalue weighted by Gasteiger charge is 2.25. The molecule has 0 bridgehead atoms. The van der Waals surface area contributed by atoms with Crippen LogP contribution in [0.1, 0.15) is 0 Å². The number of alkyl halides is 1. The SMILES string of the molecule is CN(C)C(=O)Nc1nnc(S(=O)(=O)N(C)CCCl)s1. The van der Waals surface area contributed by atoms with Gasteiger partial charge in [0.15, 0.2) is 0 Å². The maximum absolute atomic E-state index is 12.0. The molecule has 19 heavy (non-hydrogen) atoms. The van der Waals surface area contributed by atoms with Gasteiger partial charge in [-0.2, -0.15) is 4.31 Å². The van der Waals surface area contributed by atoms with Crippen molar-refractivity contribution in [3.8, 4) is 0 Å². The van der Waals surface area contributed by atoms with E-state index in [1.165, 1.54) is 11.9 Å². The summed E-state index contributed by atoms with van der Waals surface area (Å²) in [5.41, 5.74) is 0. The number of hydrogen-bond acceptors (Lipinski definition) is 6. The number of carbonyl (C=O) groups excluding carboxylic acids is 1. The average Bonchev–Trinajstić information content (AvgIpc) is 2.78. The molecule has 1 rings (SSSR count). The summed E-state index contributed by atoms with van der Waals surface area (Å²) in [7, 11) is 0.808. The van der Waals surface area contributed by atoms with Crippen LogP contribution in [-0.4, -0.2) is 67.4 Å². The number of rotatable bonds is 5. The summed E-state index contributed by atoms with van der Waals surface area (Å²) in [6, 6.07) is -0.408. The molecule has 0 aromatic carbocycles. The molecule has 2 amide bonds. The van der Waals surface area contributed by atoms with Crippen molar-refractivity contribution in [3.63, 3.8) is 0 Å². The molecular weight excluding hydrogens is 314 g/mol. The maximum atomic E-state index is 12.0. The van der Waals surface area contributed by atoms with Crippen LogP contribution in [0.15, 0.2) is 4.34 Å². The number of nitrogens with one attached hydrogen (secondary N) is 1. The van der Waals surface area contributed by atoms with Gasteiger partial charge in [0.1, 0.15) is 0 Å². The molecule has 0 aliphatic heterocycles. The molecule has 1 heterocycles. The summed E-state index contributed by atoms with van der Waals surface area (Å²) < 4.78 is 24.9. The van der Waals surface area contributed by atoms with Gasteiger partial charge >= 0.3 is 6.03 Å². The van der Waals surface area contributed by atoms with E-state index in [9.17, 15) is 13.2 Å². The molecule has 11 heteroatoms. The van der Waals surface area contributed by atoms with E-state index < -0.39 is 16.1 Å². The molecule has 108 valence electrons. The highest BCUT2D eigenvalue weighted by Crippen LogP contribution is 2.22. The summed E-state index contributed by atoms with van der Waals surface area (Å²) in [6.45, 7) is 0.170. The number of sulfonamides is 1. The van der Waals surface area contributed by atoms with Crippen molar-refractivity contribution < 1.29 is 13.2 Å². The molecule has 0 atom stereocenters. The van der Waals surface area contributed by atoms with Crippen molar-refractivity contribution in [3.05, 3.63) is 0 Å². The highest BCUT2D eigenvalue weighted by atomic mass is 35.5. The first-order valence-electron chi connectivity index (χ1n) is 5.13. The van der Waals surface area contributed by atoms with E-state index in [4.69, 9.17) is 11.6 Å². The Labute approximate surface area is 120 Å². The zero-order chi connectivity index (χ0) is 14.6. The fourth-order valence-electron chi connectivity index (χ4n) is 0.940. The second kappa shape index (κ2) is 6.46. The van der Waals surface area contributed by atoms with Crippen molar-refractivity contribution in [2.45, 2.75) is 4.34 Å². The van der Waals surface area contributed by atoms with Crippen molar-refractivity contribution in [1.29, 1.82) is 0 Å². The van der Waals surface area contributed by atoms with Crippen LogP contribution in [0, 0.1) is 0 Å². The smallest absolute Gasteiger partial charge is 0.323 e. The minimum absolute atomic E-state index is 0.122. The van der Waals surface area contributed by atoms with E-state index in [1.54, 1.807) is 14.1 Å². The Balaban J connectivity index is 2.88. The molecule has 0 fully saturated rings. The zero-order valence-electron chi connectivity index (χ0n) is 10.6. The first kappa shape index (κ1) is 16.1.